The maximum atomic E-state index is 11.2. The summed E-state index contributed by atoms with van der Waals surface area (Å²) in [7, 11) is 0. The molecule has 2 saturated heterocycles. The van der Waals surface area contributed by atoms with E-state index in [0.717, 1.165) is 0 Å². The molecular weight excluding hydrogens is 352 g/mol. The summed E-state index contributed by atoms with van der Waals surface area (Å²) < 4.78 is 20.1. The molecule has 0 saturated carbocycles. The van der Waals surface area contributed by atoms with E-state index in [4.69, 9.17) is 18.9 Å². The van der Waals surface area contributed by atoms with Crippen molar-refractivity contribution < 1.29 is 38.1 Å². The van der Waals surface area contributed by atoms with E-state index in [1.807, 2.05) is 6.92 Å². The van der Waals surface area contributed by atoms with E-state index in [9.17, 15) is 19.2 Å². The van der Waals surface area contributed by atoms with Crippen LogP contribution in [-0.4, -0.2) is 52.9 Å². The second kappa shape index (κ2) is 8.77. The highest BCUT2D eigenvalue weighted by atomic mass is 32.2. The predicted octanol–water partition coefficient (Wildman–Crippen LogP) is 1.59. The van der Waals surface area contributed by atoms with Crippen molar-refractivity contribution in [2.75, 3.05) is 5.75 Å². The predicted molar refractivity (Wildman–Crippen MR) is 88.5 cm³/mol. The molecule has 0 radical (unpaired) electrons. The first kappa shape index (κ1) is 21.6. The fraction of sp³-hybridized carbons (Fsp3) is 0.750. The van der Waals surface area contributed by atoms with Gasteiger partial charge in [0, 0.05) is 34.1 Å². The zero-order valence-corrected chi connectivity index (χ0v) is 15.8. The number of rotatable bonds is 5. The third-order valence-corrected chi connectivity index (χ3v) is 3.82. The van der Waals surface area contributed by atoms with Crippen LogP contribution in [0.15, 0.2) is 0 Å². The molecule has 2 heterocycles. The van der Waals surface area contributed by atoms with Gasteiger partial charge < -0.3 is 23.7 Å². The molecule has 0 amide bonds. The SMILES string of the molecule is CC1(C)OC(=O)[C@@H](CC=O)O1.CCSC(=O)C[C@H]1OC(C)(C)OC1=O. The minimum atomic E-state index is -0.890. The molecule has 0 aromatic heterocycles. The lowest BCUT2D eigenvalue weighted by atomic mass is 10.3. The maximum Gasteiger partial charge on any atom is 0.338 e. The minimum absolute atomic E-state index is 0.0350. The molecule has 2 aliphatic rings. The smallest absolute Gasteiger partial charge is 0.338 e. The Morgan fingerprint density at radius 1 is 1.04 bits per heavy atom. The van der Waals surface area contributed by atoms with Crippen LogP contribution in [0.25, 0.3) is 0 Å². The molecule has 8 nitrogen and oxygen atoms in total. The van der Waals surface area contributed by atoms with Crippen LogP contribution in [0.2, 0.25) is 0 Å². The lowest BCUT2D eigenvalue weighted by molar-refractivity contribution is -0.162. The largest absolute Gasteiger partial charge is 0.432 e. The van der Waals surface area contributed by atoms with Crippen LogP contribution in [0.4, 0.5) is 0 Å². The first-order valence-corrected chi connectivity index (χ1v) is 8.89. The first-order chi connectivity index (χ1) is 11.5. The topological polar surface area (TPSA) is 105 Å². The zero-order chi connectivity index (χ0) is 19.3. The third kappa shape index (κ3) is 7.13. The Kier molecular flexibility index (Phi) is 7.58. The van der Waals surface area contributed by atoms with E-state index in [0.29, 0.717) is 12.0 Å². The van der Waals surface area contributed by atoms with Crippen LogP contribution in [0.1, 0.15) is 47.5 Å². The molecule has 2 atom stereocenters. The Hall–Kier alpha value is -1.45. The van der Waals surface area contributed by atoms with Gasteiger partial charge in [-0.1, -0.05) is 18.7 Å². The van der Waals surface area contributed by atoms with Crippen molar-refractivity contribution in [3.63, 3.8) is 0 Å². The number of hydrogen-bond acceptors (Lipinski definition) is 9. The van der Waals surface area contributed by atoms with Crippen molar-refractivity contribution in [2.24, 2.45) is 0 Å². The maximum absolute atomic E-state index is 11.2. The molecule has 2 rings (SSSR count). The highest BCUT2D eigenvalue weighted by molar-refractivity contribution is 8.13. The van der Waals surface area contributed by atoms with E-state index in [1.54, 1.807) is 27.7 Å². The van der Waals surface area contributed by atoms with Gasteiger partial charge in [0.15, 0.2) is 17.3 Å². The zero-order valence-electron chi connectivity index (χ0n) is 15.0. The van der Waals surface area contributed by atoms with Crippen molar-refractivity contribution in [1.29, 1.82) is 0 Å². The van der Waals surface area contributed by atoms with Crippen molar-refractivity contribution in [3.8, 4) is 0 Å². The standard InChI is InChI=1S/C9H14O4S.C7H10O4/c1-4-14-7(10)5-6-8(11)13-9(2,3)12-6;1-7(2)10-5(3-4-8)6(9)11-7/h6H,4-5H2,1-3H3;4-5H,3H2,1-2H3/t6-;5-/m11/s1. The summed E-state index contributed by atoms with van der Waals surface area (Å²) >= 11 is 1.19. The Morgan fingerprint density at radius 3 is 1.88 bits per heavy atom. The van der Waals surface area contributed by atoms with E-state index >= 15 is 0 Å². The van der Waals surface area contributed by atoms with Gasteiger partial charge in [0.05, 0.1) is 6.42 Å². The Morgan fingerprint density at radius 2 is 1.52 bits per heavy atom. The molecule has 0 N–H and O–H groups in total. The van der Waals surface area contributed by atoms with Crippen molar-refractivity contribution in [2.45, 2.75) is 71.2 Å². The highest BCUT2D eigenvalue weighted by Gasteiger charge is 2.42. The average Bonchev–Trinajstić information content (AvgIpc) is 2.85. The fourth-order valence-electron chi connectivity index (χ4n) is 2.17. The molecule has 2 fully saturated rings. The molecule has 2 aliphatic heterocycles. The molecule has 0 spiro atoms. The van der Waals surface area contributed by atoms with Crippen LogP contribution >= 0.6 is 11.8 Å². The summed E-state index contributed by atoms with van der Waals surface area (Å²) in [4.78, 5) is 43.4. The monoisotopic (exact) mass is 376 g/mol. The molecule has 0 aromatic rings. The Bertz CT molecular complexity index is 528. The number of esters is 2. The summed E-state index contributed by atoms with van der Waals surface area (Å²) in [6, 6.07) is 0. The summed E-state index contributed by atoms with van der Waals surface area (Å²) in [5.74, 6) is -1.95. The fourth-order valence-corrected chi connectivity index (χ4v) is 2.76. The van der Waals surface area contributed by atoms with Gasteiger partial charge in [-0.15, -0.1) is 0 Å². The molecule has 0 bridgehead atoms. The van der Waals surface area contributed by atoms with Crippen LogP contribution in [0, 0.1) is 0 Å². The lowest BCUT2D eigenvalue weighted by Crippen LogP contribution is -2.22. The van der Waals surface area contributed by atoms with E-state index in [1.165, 1.54) is 11.8 Å². The van der Waals surface area contributed by atoms with Crippen LogP contribution in [-0.2, 0) is 38.1 Å². The summed E-state index contributed by atoms with van der Waals surface area (Å²) in [6.45, 7) is 8.47. The first-order valence-electron chi connectivity index (χ1n) is 7.90. The number of cyclic esters (lactones) is 2. The summed E-state index contributed by atoms with van der Waals surface area (Å²) in [5, 5.41) is -0.0350. The Labute approximate surface area is 150 Å². The normalized spacial score (nSPS) is 26.3. The van der Waals surface area contributed by atoms with Crippen molar-refractivity contribution >= 4 is 35.1 Å². The van der Waals surface area contributed by atoms with Crippen LogP contribution < -0.4 is 0 Å². The number of thioether (sulfide) groups is 1. The minimum Gasteiger partial charge on any atom is -0.432 e. The van der Waals surface area contributed by atoms with Gasteiger partial charge in [0.2, 0.25) is 11.6 Å². The molecule has 0 unspecified atom stereocenters. The molecular formula is C16H24O8S. The summed E-state index contributed by atoms with van der Waals surface area (Å²) in [6.07, 6.45) is -0.616. The van der Waals surface area contributed by atoms with Crippen LogP contribution in [0.3, 0.4) is 0 Å². The molecule has 0 aliphatic carbocycles. The second-order valence-electron chi connectivity index (χ2n) is 6.27. The van der Waals surface area contributed by atoms with Gasteiger partial charge in [-0.3, -0.25) is 4.79 Å². The van der Waals surface area contributed by atoms with Gasteiger partial charge in [0.1, 0.15) is 6.29 Å². The van der Waals surface area contributed by atoms with Crippen molar-refractivity contribution in [1.82, 2.24) is 0 Å². The van der Waals surface area contributed by atoms with Gasteiger partial charge >= 0.3 is 11.9 Å². The lowest BCUT2D eigenvalue weighted by Gasteiger charge is -2.14. The van der Waals surface area contributed by atoms with E-state index in [2.05, 4.69) is 0 Å². The molecule has 0 aromatic carbocycles. The van der Waals surface area contributed by atoms with E-state index < -0.39 is 35.7 Å². The number of aldehydes is 1. The number of ether oxygens (including phenoxy) is 4. The Balaban J connectivity index is 0.000000257. The molecule has 25 heavy (non-hydrogen) atoms. The third-order valence-electron chi connectivity index (χ3n) is 3.04. The second-order valence-corrected chi connectivity index (χ2v) is 7.59. The number of hydrogen-bond donors (Lipinski definition) is 0. The number of carbonyl (C=O) groups is 4. The van der Waals surface area contributed by atoms with Gasteiger partial charge in [-0.05, 0) is 5.75 Å². The van der Waals surface area contributed by atoms with Gasteiger partial charge in [0.25, 0.3) is 0 Å². The average molecular weight is 376 g/mol. The molecule has 9 heteroatoms. The highest BCUT2D eigenvalue weighted by Crippen LogP contribution is 2.26. The molecule has 142 valence electrons. The van der Waals surface area contributed by atoms with E-state index in [-0.39, 0.29) is 18.0 Å². The van der Waals surface area contributed by atoms with Crippen molar-refractivity contribution in [3.05, 3.63) is 0 Å². The van der Waals surface area contributed by atoms with Crippen LogP contribution in [0.5, 0.6) is 0 Å². The number of carbonyl (C=O) groups excluding carboxylic acids is 4. The quantitative estimate of drug-likeness (QED) is 0.522. The van der Waals surface area contributed by atoms with Gasteiger partial charge in [-0.25, -0.2) is 9.59 Å². The summed E-state index contributed by atoms with van der Waals surface area (Å²) in [5.41, 5.74) is 0. The van der Waals surface area contributed by atoms with Gasteiger partial charge in [-0.2, -0.15) is 0 Å².